The Morgan fingerprint density at radius 2 is 1.69 bits per heavy atom. The number of nitrogens with zero attached hydrogens (tertiary/aromatic N) is 1. The van der Waals surface area contributed by atoms with Crippen molar-refractivity contribution in [2.75, 3.05) is 6.54 Å². The normalized spacial score (nSPS) is 16.7. The summed E-state index contributed by atoms with van der Waals surface area (Å²) >= 11 is 11.8. The fourth-order valence-electron chi connectivity index (χ4n) is 3.42. The van der Waals surface area contributed by atoms with Crippen LogP contribution in [0.1, 0.15) is 80.9 Å². The third-order valence-corrected chi connectivity index (χ3v) is 5.57. The average molecular weight is 533 g/mol. The molecule has 2 aromatic rings. The van der Waals surface area contributed by atoms with E-state index in [0.717, 1.165) is 12.8 Å². The molecule has 4 nitrogen and oxygen atoms in total. The minimum absolute atomic E-state index is 0.0671. The van der Waals surface area contributed by atoms with Gasteiger partial charge < -0.3 is 10.2 Å². The van der Waals surface area contributed by atoms with E-state index in [0.29, 0.717) is 23.2 Å². The highest BCUT2D eigenvalue weighted by Crippen LogP contribution is 2.49. The fraction of sp³-hybridized carbons (Fsp3) is 0.462. The summed E-state index contributed by atoms with van der Waals surface area (Å²) < 4.78 is 42.3. The lowest BCUT2D eigenvalue weighted by atomic mass is 9.86. The molecule has 0 spiro atoms. The van der Waals surface area contributed by atoms with Crippen LogP contribution in [-0.2, 0) is 10.4 Å². The van der Waals surface area contributed by atoms with Crippen LogP contribution in [0.5, 0.6) is 0 Å². The molecule has 0 saturated heterocycles. The monoisotopic (exact) mass is 532 g/mol. The number of carbonyl (C=O) groups is 1. The summed E-state index contributed by atoms with van der Waals surface area (Å²) in [7, 11) is 0. The maximum absolute atomic E-state index is 14.1. The molecule has 0 fully saturated rings. The maximum Gasteiger partial charge on any atom is 0.435 e. The fourth-order valence-corrected chi connectivity index (χ4v) is 3.94. The van der Waals surface area contributed by atoms with Gasteiger partial charge in [-0.2, -0.15) is 13.2 Å². The summed E-state index contributed by atoms with van der Waals surface area (Å²) in [6.45, 7) is 12.3. The van der Waals surface area contributed by atoms with E-state index in [2.05, 4.69) is 10.5 Å². The Hall–Kier alpha value is -2.25. The van der Waals surface area contributed by atoms with Gasteiger partial charge in [-0.1, -0.05) is 75.5 Å². The van der Waals surface area contributed by atoms with Gasteiger partial charge in [0.15, 0.2) is 0 Å². The van der Waals surface area contributed by atoms with Gasteiger partial charge in [-0.15, -0.1) is 0 Å². The maximum atomic E-state index is 14.1. The molecular weight excluding hydrogens is 500 g/mol. The highest BCUT2D eigenvalue weighted by atomic mass is 35.5. The Kier molecular flexibility index (Phi) is 12.1. The predicted molar refractivity (Wildman–Crippen MR) is 138 cm³/mol. The molecule has 1 aliphatic rings. The van der Waals surface area contributed by atoms with Crippen LogP contribution in [0.3, 0.4) is 0 Å². The molecule has 2 aromatic carbocycles. The lowest BCUT2D eigenvalue weighted by Crippen LogP contribution is -2.42. The van der Waals surface area contributed by atoms with Crippen molar-refractivity contribution in [1.29, 1.82) is 0 Å². The zero-order valence-electron chi connectivity index (χ0n) is 20.9. The number of alkyl halides is 3. The number of hydrogen-bond donors (Lipinski definition) is 1. The van der Waals surface area contributed by atoms with Gasteiger partial charge in [0.25, 0.3) is 11.5 Å². The smallest absolute Gasteiger partial charge is 0.374 e. The Balaban J connectivity index is 0.00000145. The van der Waals surface area contributed by atoms with Crippen molar-refractivity contribution >= 4 is 34.8 Å². The number of unbranched alkanes of at least 4 members (excludes halogenated alkanes) is 1. The molecule has 0 saturated carbocycles. The molecule has 0 bridgehead atoms. The van der Waals surface area contributed by atoms with Crippen molar-refractivity contribution in [2.45, 2.75) is 72.6 Å². The molecule has 9 heteroatoms. The Morgan fingerprint density at radius 3 is 2.20 bits per heavy atom. The van der Waals surface area contributed by atoms with Gasteiger partial charge in [-0.3, -0.25) is 4.79 Å². The SMILES string of the molecule is CC.CC.CCCCNC(=O)c1ccc(C2=NOC(c3cc(Cl)cc(Cl)c3)(C(F)(F)F)C2)cc1C. The van der Waals surface area contributed by atoms with E-state index in [-0.39, 0.29) is 27.2 Å². The summed E-state index contributed by atoms with van der Waals surface area (Å²) in [4.78, 5) is 17.3. The van der Waals surface area contributed by atoms with E-state index in [1.165, 1.54) is 18.2 Å². The molecule has 0 aromatic heterocycles. The third-order valence-electron chi connectivity index (χ3n) is 5.13. The lowest BCUT2D eigenvalue weighted by molar-refractivity contribution is -0.275. The number of rotatable bonds is 6. The molecule has 3 rings (SSSR count). The van der Waals surface area contributed by atoms with E-state index < -0.39 is 18.2 Å². The Bertz CT molecular complexity index is 1010. The quantitative estimate of drug-likeness (QED) is 0.379. The standard InChI is InChI=1S/C22H21Cl2F3N2O2.2C2H6/c1-3-4-7-28-20(30)18-6-5-14(8-13(18)2)19-12-21(31-29-19,22(25,26)27)15-9-16(23)11-17(24)10-15;2*1-2/h5-6,8-11H,3-4,7,12H2,1-2H3,(H,28,30);2*1-2H3. The van der Waals surface area contributed by atoms with Crippen LogP contribution >= 0.6 is 23.2 Å². The predicted octanol–water partition coefficient (Wildman–Crippen LogP) is 8.47. The van der Waals surface area contributed by atoms with Gasteiger partial charge in [-0.25, -0.2) is 0 Å². The summed E-state index contributed by atoms with van der Waals surface area (Å²) in [6, 6.07) is 8.48. The molecule has 1 aliphatic heterocycles. The van der Waals surface area contributed by atoms with E-state index >= 15 is 0 Å². The van der Waals surface area contributed by atoms with Crippen molar-refractivity contribution in [3.8, 4) is 0 Å². The number of benzene rings is 2. The number of oxime groups is 1. The van der Waals surface area contributed by atoms with Crippen LogP contribution in [0.25, 0.3) is 0 Å². The number of carbonyl (C=O) groups excluding carboxylic acids is 1. The van der Waals surface area contributed by atoms with Crippen LogP contribution in [0.2, 0.25) is 10.0 Å². The van der Waals surface area contributed by atoms with E-state index in [1.54, 1.807) is 25.1 Å². The van der Waals surface area contributed by atoms with Crippen molar-refractivity contribution in [3.63, 3.8) is 0 Å². The zero-order valence-corrected chi connectivity index (χ0v) is 22.5. The lowest BCUT2D eigenvalue weighted by Gasteiger charge is -2.29. The number of aryl methyl sites for hydroxylation is 1. The minimum atomic E-state index is -4.76. The van der Waals surface area contributed by atoms with Crippen LogP contribution < -0.4 is 5.32 Å². The van der Waals surface area contributed by atoms with Crippen molar-refractivity contribution in [2.24, 2.45) is 5.16 Å². The van der Waals surface area contributed by atoms with Crippen LogP contribution in [0.4, 0.5) is 13.2 Å². The summed E-state index contributed by atoms with van der Waals surface area (Å²) in [6.07, 6.45) is -3.49. The largest absolute Gasteiger partial charge is 0.435 e. The molecule has 0 radical (unpaired) electrons. The van der Waals surface area contributed by atoms with Crippen molar-refractivity contribution < 1.29 is 22.8 Å². The van der Waals surface area contributed by atoms with Gasteiger partial charge in [0.1, 0.15) is 0 Å². The first-order valence-electron chi connectivity index (χ1n) is 11.7. The topological polar surface area (TPSA) is 50.7 Å². The third kappa shape index (κ3) is 7.37. The van der Waals surface area contributed by atoms with Gasteiger partial charge >= 0.3 is 6.18 Å². The first kappa shape index (κ1) is 30.8. The summed E-state index contributed by atoms with van der Waals surface area (Å²) in [5.41, 5.74) is -1.26. The molecule has 1 amide bonds. The van der Waals surface area contributed by atoms with E-state index in [4.69, 9.17) is 28.0 Å². The minimum Gasteiger partial charge on any atom is -0.374 e. The van der Waals surface area contributed by atoms with Gasteiger partial charge in [-0.05, 0) is 54.8 Å². The van der Waals surface area contributed by atoms with Crippen LogP contribution in [0, 0.1) is 6.92 Å². The van der Waals surface area contributed by atoms with Gasteiger partial charge in [0.2, 0.25) is 0 Å². The molecule has 194 valence electrons. The highest BCUT2D eigenvalue weighted by molar-refractivity contribution is 6.34. The second kappa shape index (κ2) is 13.7. The number of nitrogens with one attached hydrogen (secondary N) is 1. The van der Waals surface area contributed by atoms with E-state index in [9.17, 15) is 18.0 Å². The molecule has 0 aliphatic carbocycles. The summed E-state index contributed by atoms with van der Waals surface area (Å²) in [5, 5.41) is 6.71. The molecule has 1 atom stereocenters. The highest BCUT2D eigenvalue weighted by Gasteiger charge is 2.62. The molecule has 1 N–H and O–H groups in total. The van der Waals surface area contributed by atoms with Crippen LogP contribution in [-0.4, -0.2) is 24.3 Å². The van der Waals surface area contributed by atoms with Crippen molar-refractivity contribution in [1.82, 2.24) is 5.32 Å². The Morgan fingerprint density at radius 1 is 1.09 bits per heavy atom. The van der Waals surface area contributed by atoms with Crippen molar-refractivity contribution in [3.05, 3.63) is 68.7 Å². The van der Waals surface area contributed by atoms with E-state index in [1.807, 2.05) is 34.6 Å². The molecule has 1 heterocycles. The first-order valence-corrected chi connectivity index (χ1v) is 12.5. The zero-order chi connectivity index (χ0) is 26.8. The van der Waals surface area contributed by atoms with Gasteiger partial charge in [0, 0.05) is 34.1 Å². The first-order chi connectivity index (χ1) is 16.6. The molecule has 35 heavy (non-hydrogen) atoms. The second-order valence-corrected chi connectivity index (χ2v) is 8.30. The number of amides is 1. The number of hydrogen-bond acceptors (Lipinski definition) is 3. The van der Waals surface area contributed by atoms with Crippen LogP contribution in [0.15, 0.2) is 41.6 Å². The molecular formula is C26H33Cl2F3N2O2. The number of halogens is 5. The second-order valence-electron chi connectivity index (χ2n) is 7.43. The van der Waals surface area contributed by atoms with Gasteiger partial charge in [0.05, 0.1) is 5.71 Å². The summed E-state index contributed by atoms with van der Waals surface area (Å²) in [5.74, 6) is -0.222. The Labute approximate surface area is 215 Å². The molecule has 1 unspecified atom stereocenters. The average Bonchev–Trinajstić information content (AvgIpc) is 3.28.